The lowest BCUT2D eigenvalue weighted by molar-refractivity contribution is 0.510. The van der Waals surface area contributed by atoms with Gasteiger partial charge in [-0.3, -0.25) is 0 Å². The lowest BCUT2D eigenvalue weighted by Crippen LogP contribution is -2.09. The van der Waals surface area contributed by atoms with E-state index in [1.165, 1.54) is 5.57 Å². The Morgan fingerprint density at radius 2 is 1.86 bits per heavy atom. The van der Waals surface area contributed by atoms with Gasteiger partial charge in [0.25, 0.3) is 0 Å². The van der Waals surface area contributed by atoms with Gasteiger partial charge in [-0.25, -0.2) is 0 Å². The Bertz CT molecular complexity index is 284. The fourth-order valence-corrected chi connectivity index (χ4v) is 1.50. The second kappa shape index (κ2) is 3.76. The van der Waals surface area contributed by atoms with Gasteiger partial charge in [-0.05, 0) is 17.4 Å². The summed E-state index contributed by atoms with van der Waals surface area (Å²) in [6.45, 7) is 11.3. The average molecular weight is 190 g/mol. The fraction of sp³-hybridized carbons (Fsp3) is 0.571. The van der Waals surface area contributed by atoms with Gasteiger partial charge >= 0.3 is 0 Å². The second-order valence-corrected chi connectivity index (χ2v) is 5.42. The van der Waals surface area contributed by atoms with E-state index in [1.807, 2.05) is 0 Å². The van der Waals surface area contributed by atoms with Crippen LogP contribution >= 0.6 is 0 Å². The quantitative estimate of drug-likeness (QED) is 0.571. The molecule has 1 aliphatic rings. The molecule has 0 bridgehead atoms. The highest BCUT2D eigenvalue weighted by Crippen LogP contribution is 2.33. The number of rotatable bonds is 1. The van der Waals surface area contributed by atoms with Crippen molar-refractivity contribution in [1.82, 2.24) is 0 Å². The predicted molar refractivity (Wildman–Crippen MR) is 64.2 cm³/mol. The topological polar surface area (TPSA) is 0 Å². The molecule has 0 nitrogen and oxygen atoms in total. The first-order chi connectivity index (χ1) is 6.37. The van der Waals surface area contributed by atoms with Crippen molar-refractivity contribution in [1.29, 1.82) is 0 Å². The maximum absolute atomic E-state index is 2.33. The van der Waals surface area contributed by atoms with Crippen molar-refractivity contribution >= 4 is 0 Å². The van der Waals surface area contributed by atoms with Crippen LogP contribution in [-0.2, 0) is 0 Å². The van der Waals surface area contributed by atoms with Crippen molar-refractivity contribution in [2.75, 3.05) is 0 Å². The third kappa shape index (κ3) is 2.60. The van der Waals surface area contributed by atoms with Gasteiger partial charge in [-0.15, -0.1) is 0 Å². The molecule has 1 unspecified atom stereocenters. The molecule has 0 spiro atoms. The van der Waals surface area contributed by atoms with E-state index in [9.17, 15) is 0 Å². The molecule has 0 aliphatic heterocycles. The molecule has 0 aromatic carbocycles. The number of hydrogen-bond acceptors (Lipinski definition) is 0. The first kappa shape index (κ1) is 11.3. The van der Waals surface area contributed by atoms with Crippen LogP contribution in [0.1, 0.15) is 41.0 Å². The highest BCUT2D eigenvalue weighted by molar-refractivity contribution is 5.34. The van der Waals surface area contributed by atoms with E-state index in [4.69, 9.17) is 0 Å². The minimum absolute atomic E-state index is 0.240. The minimum atomic E-state index is 0.240. The van der Waals surface area contributed by atoms with Crippen LogP contribution in [0.25, 0.3) is 0 Å². The molecule has 0 amide bonds. The Kier molecular flexibility index (Phi) is 3.04. The summed E-state index contributed by atoms with van der Waals surface area (Å²) in [5.41, 5.74) is 1.90. The van der Waals surface area contributed by atoms with E-state index in [2.05, 4.69) is 65.0 Å². The summed E-state index contributed by atoms with van der Waals surface area (Å²) in [5, 5.41) is 0. The molecular formula is C14H22. The molecule has 1 aliphatic carbocycles. The first-order valence-electron chi connectivity index (χ1n) is 5.47. The summed E-state index contributed by atoms with van der Waals surface area (Å²) in [4.78, 5) is 0. The van der Waals surface area contributed by atoms with E-state index in [1.54, 1.807) is 0 Å². The summed E-state index contributed by atoms with van der Waals surface area (Å²) < 4.78 is 0. The molecule has 78 valence electrons. The molecule has 0 aromatic heterocycles. The second-order valence-electron chi connectivity index (χ2n) is 5.42. The largest absolute Gasteiger partial charge is 0.0748 e. The van der Waals surface area contributed by atoms with Crippen molar-refractivity contribution in [3.8, 4) is 0 Å². The highest BCUT2D eigenvalue weighted by atomic mass is 14.2. The molecule has 14 heavy (non-hydrogen) atoms. The molecule has 0 N–H and O–H groups in total. The van der Waals surface area contributed by atoms with Crippen LogP contribution in [0.4, 0.5) is 0 Å². The van der Waals surface area contributed by atoms with E-state index in [0.717, 1.165) is 6.42 Å². The van der Waals surface area contributed by atoms with E-state index < -0.39 is 0 Å². The van der Waals surface area contributed by atoms with Gasteiger partial charge < -0.3 is 0 Å². The van der Waals surface area contributed by atoms with Crippen LogP contribution in [0.2, 0.25) is 0 Å². The molecule has 1 atom stereocenters. The third-order valence-corrected chi connectivity index (χ3v) is 3.02. The van der Waals surface area contributed by atoms with E-state index in [-0.39, 0.29) is 10.8 Å². The summed E-state index contributed by atoms with van der Waals surface area (Å²) in [7, 11) is 0. The predicted octanol–water partition coefficient (Wildman–Crippen LogP) is 4.50. The monoisotopic (exact) mass is 190 g/mol. The highest BCUT2D eigenvalue weighted by Gasteiger charge is 2.19. The molecule has 0 radical (unpaired) electrons. The molecule has 1 rings (SSSR count). The van der Waals surface area contributed by atoms with Gasteiger partial charge in [0.15, 0.2) is 0 Å². The van der Waals surface area contributed by atoms with Crippen LogP contribution < -0.4 is 0 Å². The Labute approximate surface area is 88.4 Å². The maximum Gasteiger partial charge on any atom is 0.00364 e. The Balaban J connectivity index is 2.95. The van der Waals surface area contributed by atoms with Crippen molar-refractivity contribution in [2.24, 2.45) is 10.8 Å². The SMILES string of the molecule is CCC1(C)C=CC=C(C(C)(C)C)C=C1. The zero-order chi connectivity index (χ0) is 10.8. The standard InChI is InChI=1S/C14H22/c1-6-14(5)10-7-8-12(9-11-14)13(2,3)4/h7-11H,6H2,1-5H3. The Hall–Kier alpha value is -0.780. The van der Waals surface area contributed by atoms with Crippen LogP contribution in [0, 0.1) is 10.8 Å². The zero-order valence-corrected chi connectivity index (χ0v) is 10.1. The lowest BCUT2D eigenvalue weighted by atomic mass is 9.84. The zero-order valence-electron chi connectivity index (χ0n) is 10.1. The molecule has 0 aromatic rings. The summed E-state index contributed by atoms with van der Waals surface area (Å²) in [6, 6.07) is 0. The Morgan fingerprint density at radius 3 is 2.36 bits per heavy atom. The van der Waals surface area contributed by atoms with Crippen molar-refractivity contribution in [3.05, 3.63) is 36.0 Å². The summed E-state index contributed by atoms with van der Waals surface area (Å²) >= 11 is 0. The summed E-state index contributed by atoms with van der Waals surface area (Å²) in [5.74, 6) is 0. The first-order valence-corrected chi connectivity index (χ1v) is 5.47. The molecule has 0 fully saturated rings. The van der Waals surface area contributed by atoms with Crippen molar-refractivity contribution < 1.29 is 0 Å². The van der Waals surface area contributed by atoms with Gasteiger partial charge in [0.1, 0.15) is 0 Å². The van der Waals surface area contributed by atoms with Gasteiger partial charge in [0.05, 0.1) is 0 Å². The van der Waals surface area contributed by atoms with Gasteiger partial charge in [0, 0.05) is 5.41 Å². The van der Waals surface area contributed by atoms with Gasteiger partial charge in [0.2, 0.25) is 0 Å². The van der Waals surface area contributed by atoms with Crippen LogP contribution in [0.15, 0.2) is 36.0 Å². The molecule has 0 saturated carbocycles. The molecular weight excluding hydrogens is 168 g/mol. The van der Waals surface area contributed by atoms with Crippen molar-refractivity contribution in [2.45, 2.75) is 41.0 Å². The average Bonchev–Trinajstić information content (AvgIpc) is 2.27. The normalized spacial score (nSPS) is 27.4. The number of hydrogen-bond donors (Lipinski definition) is 0. The van der Waals surface area contributed by atoms with Crippen molar-refractivity contribution in [3.63, 3.8) is 0 Å². The van der Waals surface area contributed by atoms with Crippen LogP contribution in [0.3, 0.4) is 0 Å². The van der Waals surface area contributed by atoms with Crippen LogP contribution in [-0.4, -0.2) is 0 Å². The molecule has 0 saturated heterocycles. The molecule has 0 heterocycles. The lowest BCUT2D eigenvalue weighted by Gasteiger charge is -2.21. The van der Waals surface area contributed by atoms with Crippen LogP contribution in [0.5, 0.6) is 0 Å². The minimum Gasteiger partial charge on any atom is -0.0748 e. The molecule has 0 heteroatoms. The smallest absolute Gasteiger partial charge is 0.00364 e. The third-order valence-electron chi connectivity index (χ3n) is 3.02. The maximum atomic E-state index is 2.33. The Morgan fingerprint density at radius 1 is 1.21 bits per heavy atom. The fourth-order valence-electron chi connectivity index (χ4n) is 1.50. The van der Waals surface area contributed by atoms with E-state index >= 15 is 0 Å². The van der Waals surface area contributed by atoms with Gasteiger partial charge in [-0.2, -0.15) is 0 Å². The van der Waals surface area contributed by atoms with E-state index in [0.29, 0.717) is 0 Å². The summed E-state index contributed by atoms with van der Waals surface area (Å²) in [6.07, 6.45) is 12.5. The van der Waals surface area contributed by atoms with Gasteiger partial charge in [-0.1, -0.05) is 65.0 Å². The number of allylic oxidation sites excluding steroid dienone is 6.